The molecule has 0 fully saturated rings. The predicted octanol–water partition coefficient (Wildman–Crippen LogP) is 1.97. The van der Waals surface area contributed by atoms with Crippen LogP contribution in [0.1, 0.15) is 31.2 Å². The third-order valence-corrected chi connectivity index (χ3v) is 2.46. The lowest BCUT2D eigenvalue weighted by molar-refractivity contribution is 0.272. The summed E-state index contributed by atoms with van der Waals surface area (Å²) in [4.78, 5) is 0. The van der Waals surface area contributed by atoms with Crippen molar-refractivity contribution in [2.75, 3.05) is 6.61 Å². The first-order chi connectivity index (χ1) is 6.70. The van der Waals surface area contributed by atoms with Crippen molar-refractivity contribution in [2.24, 2.45) is 0 Å². The molecule has 0 heterocycles. The van der Waals surface area contributed by atoms with Crippen molar-refractivity contribution in [3.05, 3.63) is 23.8 Å². The molecule has 0 amide bonds. The highest BCUT2D eigenvalue weighted by atomic mass is 16.3. The molecule has 14 heavy (non-hydrogen) atoms. The third-order valence-electron chi connectivity index (χ3n) is 2.46. The highest BCUT2D eigenvalue weighted by molar-refractivity contribution is 5.46. The Kier molecular flexibility index (Phi) is 3.77. The van der Waals surface area contributed by atoms with Gasteiger partial charge >= 0.3 is 0 Å². The first-order valence-electron chi connectivity index (χ1n) is 4.82. The molecule has 0 aromatic heterocycles. The summed E-state index contributed by atoms with van der Waals surface area (Å²) in [7, 11) is 0. The van der Waals surface area contributed by atoms with Crippen LogP contribution < -0.4 is 0 Å². The van der Waals surface area contributed by atoms with Gasteiger partial charge < -0.3 is 15.3 Å². The number of aliphatic hydroxyl groups excluding tert-OH is 1. The molecule has 0 aliphatic rings. The van der Waals surface area contributed by atoms with Crippen LogP contribution in [-0.4, -0.2) is 21.9 Å². The summed E-state index contributed by atoms with van der Waals surface area (Å²) in [5.41, 5.74) is 0.710. The Morgan fingerprint density at radius 2 is 2.00 bits per heavy atom. The maximum atomic E-state index is 9.59. The number of rotatable bonds is 4. The molecule has 0 aliphatic carbocycles. The summed E-state index contributed by atoms with van der Waals surface area (Å²) in [5, 5.41) is 27.7. The maximum Gasteiger partial charge on any atom is 0.160 e. The van der Waals surface area contributed by atoms with E-state index in [0.717, 1.165) is 6.42 Å². The van der Waals surface area contributed by atoms with Crippen LogP contribution in [0, 0.1) is 0 Å². The van der Waals surface area contributed by atoms with Crippen molar-refractivity contribution in [1.29, 1.82) is 0 Å². The van der Waals surface area contributed by atoms with E-state index in [2.05, 4.69) is 0 Å². The van der Waals surface area contributed by atoms with Crippen LogP contribution in [0.25, 0.3) is 0 Å². The summed E-state index contributed by atoms with van der Waals surface area (Å²) < 4.78 is 0. The summed E-state index contributed by atoms with van der Waals surface area (Å²) in [6.45, 7) is 2.08. The number of aliphatic hydroxyl groups is 1. The Morgan fingerprint density at radius 1 is 1.29 bits per heavy atom. The lowest BCUT2D eigenvalue weighted by Crippen LogP contribution is -2.00. The van der Waals surface area contributed by atoms with Crippen LogP contribution >= 0.6 is 0 Å². The van der Waals surface area contributed by atoms with Gasteiger partial charge in [-0.15, -0.1) is 0 Å². The van der Waals surface area contributed by atoms with Gasteiger partial charge in [0.15, 0.2) is 11.5 Å². The maximum absolute atomic E-state index is 9.59. The molecule has 0 saturated carbocycles. The zero-order valence-electron chi connectivity index (χ0n) is 8.27. The van der Waals surface area contributed by atoms with Crippen LogP contribution in [-0.2, 0) is 0 Å². The molecule has 1 aromatic rings. The minimum absolute atomic E-state index is 0.0622. The Morgan fingerprint density at radius 3 is 2.57 bits per heavy atom. The molecule has 0 radical (unpaired) electrons. The van der Waals surface area contributed by atoms with E-state index < -0.39 is 0 Å². The van der Waals surface area contributed by atoms with E-state index in [1.807, 2.05) is 6.92 Å². The predicted molar refractivity (Wildman–Crippen MR) is 54.5 cm³/mol. The zero-order chi connectivity index (χ0) is 10.6. The number of phenols is 2. The van der Waals surface area contributed by atoms with E-state index in [1.165, 1.54) is 6.07 Å². The van der Waals surface area contributed by atoms with Crippen LogP contribution in [0.2, 0.25) is 0 Å². The number of hydrogen-bond donors (Lipinski definition) is 3. The first kappa shape index (κ1) is 10.9. The zero-order valence-corrected chi connectivity index (χ0v) is 8.27. The number of benzene rings is 1. The fourth-order valence-corrected chi connectivity index (χ4v) is 1.61. The average Bonchev–Trinajstić information content (AvgIpc) is 2.19. The fourth-order valence-electron chi connectivity index (χ4n) is 1.61. The minimum Gasteiger partial charge on any atom is -0.504 e. The van der Waals surface area contributed by atoms with Gasteiger partial charge in [-0.1, -0.05) is 19.1 Å². The lowest BCUT2D eigenvalue weighted by atomic mass is 9.92. The Bertz CT molecular complexity index is 297. The molecule has 1 aromatic carbocycles. The van der Waals surface area contributed by atoms with Gasteiger partial charge in [0.05, 0.1) is 0 Å². The molecular formula is C11H16O3. The van der Waals surface area contributed by atoms with Crippen molar-refractivity contribution in [2.45, 2.75) is 25.7 Å². The van der Waals surface area contributed by atoms with Gasteiger partial charge in [0.1, 0.15) is 0 Å². The quantitative estimate of drug-likeness (QED) is 0.645. The van der Waals surface area contributed by atoms with Gasteiger partial charge in [-0.3, -0.25) is 0 Å². The Balaban J connectivity index is 2.97. The van der Waals surface area contributed by atoms with Gasteiger partial charge in [-0.25, -0.2) is 0 Å². The third kappa shape index (κ3) is 2.17. The topological polar surface area (TPSA) is 60.7 Å². The highest BCUT2D eigenvalue weighted by Gasteiger charge is 2.14. The molecule has 0 bridgehead atoms. The summed E-state index contributed by atoms with van der Waals surface area (Å²) in [6, 6.07) is 4.92. The molecule has 0 aliphatic heterocycles. The van der Waals surface area contributed by atoms with Crippen LogP contribution in [0.3, 0.4) is 0 Å². The second-order valence-electron chi connectivity index (χ2n) is 3.33. The van der Waals surface area contributed by atoms with Gasteiger partial charge in [0.2, 0.25) is 0 Å². The number of para-hydroxylation sites is 1. The van der Waals surface area contributed by atoms with Crippen molar-refractivity contribution in [3.63, 3.8) is 0 Å². The molecule has 3 nitrogen and oxygen atoms in total. The molecule has 3 heteroatoms. The summed E-state index contributed by atoms with van der Waals surface area (Å²) in [5.74, 6) is -0.0567. The molecule has 0 spiro atoms. The SMILES string of the molecule is CCC(CCO)c1cccc(O)c1O. The van der Waals surface area contributed by atoms with Crippen LogP contribution in [0.5, 0.6) is 11.5 Å². The van der Waals surface area contributed by atoms with Crippen LogP contribution in [0.4, 0.5) is 0 Å². The second kappa shape index (κ2) is 4.86. The number of phenolic OH excluding ortho intramolecular Hbond substituents is 2. The molecule has 3 N–H and O–H groups in total. The van der Waals surface area contributed by atoms with E-state index in [1.54, 1.807) is 12.1 Å². The van der Waals surface area contributed by atoms with Gasteiger partial charge in [0.25, 0.3) is 0 Å². The van der Waals surface area contributed by atoms with E-state index in [0.29, 0.717) is 12.0 Å². The summed E-state index contributed by atoms with van der Waals surface area (Å²) >= 11 is 0. The first-order valence-corrected chi connectivity index (χ1v) is 4.82. The average molecular weight is 196 g/mol. The van der Waals surface area contributed by atoms with Crippen molar-refractivity contribution in [3.8, 4) is 11.5 Å². The van der Waals surface area contributed by atoms with Gasteiger partial charge in [0, 0.05) is 12.2 Å². The molecule has 1 rings (SSSR count). The largest absolute Gasteiger partial charge is 0.504 e. The fraction of sp³-hybridized carbons (Fsp3) is 0.455. The second-order valence-corrected chi connectivity index (χ2v) is 3.33. The normalized spacial score (nSPS) is 12.7. The van der Waals surface area contributed by atoms with E-state index >= 15 is 0 Å². The molecule has 1 atom stereocenters. The van der Waals surface area contributed by atoms with Gasteiger partial charge in [-0.2, -0.15) is 0 Å². The molecular weight excluding hydrogens is 180 g/mol. The lowest BCUT2D eigenvalue weighted by Gasteiger charge is -2.15. The van der Waals surface area contributed by atoms with E-state index in [4.69, 9.17) is 5.11 Å². The van der Waals surface area contributed by atoms with E-state index in [-0.39, 0.29) is 24.0 Å². The van der Waals surface area contributed by atoms with Crippen LogP contribution in [0.15, 0.2) is 18.2 Å². The summed E-state index contributed by atoms with van der Waals surface area (Å²) in [6.07, 6.45) is 1.44. The van der Waals surface area contributed by atoms with E-state index in [9.17, 15) is 10.2 Å². The number of hydrogen-bond acceptors (Lipinski definition) is 3. The molecule has 0 saturated heterocycles. The minimum atomic E-state index is -0.0983. The van der Waals surface area contributed by atoms with Crippen molar-refractivity contribution >= 4 is 0 Å². The Labute approximate surface area is 83.6 Å². The Hall–Kier alpha value is -1.22. The smallest absolute Gasteiger partial charge is 0.160 e. The molecule has 1 unspecified atom stereocenters. The standard InChI is InChI=1S/C11H16O3/c1-2-8(6-7-12)9-4-3-5-10(13)11(9)14/h3-5,8,12-14H,2,6-7H2,1H3. The molecule has 78 valence electrons. The van der Waals surface area contributed by atoms with Gasteiger partial charge in [-0.05, 0) is 24.8 Å². The monoisotopic (exact) mass is 196 g/mol. The number of aromatic hydroxyl groups is 2. The van der Waals surface area contributed by atoms with Crippen molar-refractivity contribution in [1.82, 2.24) is 0 Å². The van der Waals surface area contributed by atoms with Crippen molar-refractivity contribution < 1.29 is 15.3 Å². The highest BCUT2D eigenvalue weighted by Crippen LogP contribution is 2.36.